The summed E-state index contributed by atoms with van der Waals surface area (Å²) >= 11 is 0. The molecule has 0 bridgehead atoms. The second-order valence-electron chi connectivity index (χ2n) is 8.49. The molecular weight excluding hydrogens is 411 g/mol. The fraction of sp³-hybridized carbons (Fsp3) is 1.00. The minimum absolute atomic E-state index is 0. The summed E-state index contributed by atoms with van der Waals surface area (Å²) in [6.45, 7) is 4.00. The second kappa shape index (κ2) is 22.7. The molecule has 0 aromatic carbocycles. The van der Waals surface area contributed by atoms with Gasteiger partial charge in [0.1, 0.15) is 0 Å². The van der Waals surface area contributed by atoms with Gasteiger partial charge in [-0.05, 0) is 25.7 Å². The van der Waals surface area contributed by atoms with E-state index in [4.69, 9.17) is 0 Å². The van der Waals surface area contributed by atoms with E-state index in [2.05, 4.69) is 6.92 Å². The van der Waals surface area contributed by atoms with E-state index >= 15 is 0 Å². The van der Waals surface area contributed by atoms with Crippen LogP contribution in [0.2, 0.25) is 0 Å². The number of unbranched alkanes of at least 4 members (excludes halogenated alkanes) is 13. The van der Waals surface area contributed by atoms with Crippen LogP contribution in [0.15, 0.2) is 0 Å². The summed E-state index contributed by atoms with van der Waals surface area (Å²) < 4.78 is 33.1. The Morgan fingerprint density at radius 1 is 0.655 bits per heavy atom. The van der Waals surface area contributed by atoms with E-state index in [1.807, 2.05) is 0 Å². The first kappa shape index (κ1) is 32.7. The molecule has 6 heteroatoms. The summed E-state index contributed by atoms with van der Waals surface area (Å²) in [6, 6.07) is 0. The van der Waals surface area contributed by atoms with Crippen LogP contribution in [0.5, 0.6) is 0 Å². The molecule has 4 nitrogen and oxygen atoms in total. The van der Waals surface area contributed by atoms with Crippen molar-refractivity contribution in [3.8, 4) is 0 Å². The monoisotopic (exact) mass is 458 g/mol. The summed E-state index contributed by atoms with van der Waals surface area (Å²) in [4.78, 5) is 0. The molecule has 0 aromatic heterocycles. The Morgan fingerprint density at radius 3 is 1.34 bits per heavy atom. The van der Waals surface area contributed by atoms with Crippen molar-refractivity contribution < 1.29 is 69.5 Å². The standard InChI is InChI=1S/C23H48O4S.K/c1-3-5-6-13-16-19-22(24)20-17-14-11-9-7-8-10-12-15-18-21-23(4-2)28(25,26)27;/h22-24H,3-21H2,1-2H3,(H,25,26,27);/q;+1/p-1. The van der Waals surface area contributed by atoms with Crippen LogP contribution in [-0.4, -0.2) is 29.4 Å². The van der Waals surface area contributed by atoms with Gasteiger partial charge >= 0.3 is 51.4 Å². The minimum Gasteiger partial charge on any atom is -0.748 e. The zero-order valence-electron chi connectivity index (χ0n) is 19.7. The van der Waals surface area contributed by atoms with Gasteiger partial charge in [-0.25, -0.2) is 8.42 Å². The third kappa shape index (κ3) is 22.5. The van der Waals surface area contributed by atoms with E-state index in [9.17, 15) is 18.1 Å². The van der Waals surface area contributed by atoms with Crippen molar-refractivity contribution in [2.75, 3.05) is 0 Å². The van der Waals surface area contributed by atoms with Crippen LogP contribution in [0.25, 0.3) is 0 Å². The van der Waals surface area contributed by atoms with Crippen LogP contribution >= 0.6 is 0 Å². The Balaban J connectivity index is 0. The number of aliphatic hydroxyl groups excluding tert-OH is 1. The van der Waals surface area contributed by atoms with Crippen LogP contribution in [0.1, 0.15) is 136 Å². The van der Waals surface area contributed by atoms with Crippen molar-refractivity contribution in [2.45, 2.75) is 147 Å². The molecule has 0 fully saturated rings. The molecule has 0 heterocycles. The molecule has 0 radical (unpaired) electrons. The first-order chi connectivity index (χ1) is 13.4. The molecule has 0 saturated carbocycles. The van der Waals surface area contributed by atoms with Crippen LogP contribution in [-0.2, 0) is 10.1 Å². The van der Waals surface area contributed by atoms with Crippen LogP contribution in [0.4, 0.5) is 0 Å². The summed E-state index contributed by atoms with van der Waals surface area (Å²) in [5, 5.41) is 9.31. The quantitative estimate of drug-likeness (QED) is 0.162. The van der Waals surface area contributed by atoms with Gasteiger partial charge in [-0.1, -0.05) is 110 Å². The van der Waals surface area contributed by atoms with Gasteiger partial charge in [0, 0.05) is 5.25 Å². The minimum atomic E-state index is -4.11. The molecular formula is C23H47KO4S. The maximum atomic E-state index is 11.0. The summed E-state index contributed by atoms with van der Waals surface area (Å²) in [7, 11) is -4.11. The average Bonchev–Trinajstić information content (AvgIpc) is 2.64. The van der Waals surface area contributed by atoms with Crippen molar-refractivity contribution in [1.29, 1.82) is 0 Å². The molecule has 29 heavy (non-hydrogen) atoms. The SMILES string of the molecule is CCCCCCCC(O)CCCCCCCCCCCCC(CC)S(=O)(=O)[O-].[K+]. The first-order valence-corrected chi connectivity index (χ1v) is 13.5. The number of aliphatic hydroxyl groups is 1. The molecule has 0 aliphatic rings. The fourth-order valence-corrected chi connectivity index (χ4v) is 4.71. The van der Waals surface area contributed by atoms with Gasteiger partial charge in [0.15, 0.2) is 0 Å². The predicted octanol–water partition coefficient (Wildman–Crippen LogP) is 3.72. The van der Waals surface area contributed by atoms with E-state index in [1.54, 1.807) is 6.92 Å². The zero-order valence-corrected chi connectivity index (χ0v) is 23.6. The Kier molecular flexibility index (Phi) is 25.6. The smallest absolute Gasteiger partial charge is 0.748 e. The molecule has 0 saturated heterocycles. The van der Waals surface area contributed by atoms with Crippen molar-refractivity contribution in [3.63, 3.8) is 0 Å². The first-order valence-electron chi connectivity index (χ1n) is 12.0. The van der Waals surface area contributed by atoms with Gasteiger partial charge in [-0.15, -0.1) is 0 Å². The topological polar surface area (TPSA) is 77.4 Å². The molecule has 0 spiro atoms. The largest absolute Gasteiger partial charge is 1.00 e. The molecule has 0 aliphatic carbocycles. The van der Waals surface area contributed by atoms with Crippen molar-refractivity contribution >= 4 is 10.1 Å². The van der Waals surface area contributed by atoms with Crippen molar-refractivity contribution in [2.24, 2.45) is 0 Å². The number of hydrogen-bond donors (Lipinski definition) is 1. The molecule has 0 aromatic rings. The van der Waals surface area contributed by atoms with E-state index in [0.29, 0.717) is 12.8 Å². The van der Waals surface area contributed by atoms with Gasteiger partial charge in [0.2, 0.25) is 0 Å². The molecule has 0 amide bonds. The molecule has 0 rings (SSSR count). The van der Waals surface area contributed by atoms with Gasteiger partial charge in [0.05, 0.1) is 16.2 Å². The Bertz CT molecular complexity index is 429. The van der Waals surface area contributed by atoms with Gasteiger partial charge in [0.25, 0.3) is 0 Å². The fourth-order valence-electron chi connectivity index (χ4n) is 3.85. The second-order valence-corrected chi connectivity index (χ2v) is 10.1. The molecule has 0 aliphatic heterocycles. The Labute approximate surface area is 224 Å². The molecule has 1 N–H and O–H groups in total. The maximum Gasteiger partial charge on any atom is 1.00 e. The van der Waals surface area contributed by atoms with Crippen molar-refractivity contribution in [3.05, 3.63) is 0 Å². The predicted molar refractivity (Wildman–Crippen MR) is 119 cm³/mol. The average molecular weight is 459 g/mol. The van der Waals surface area contributed by atoms with Gasteiger partial charge < -0.3 is 9.66 Å². The summed E-state index contributed by atoms with van der Waals surface area (Å²) in [6.07, 6.45) is 20.8. The van der Waals surface area contributed by atoms with Crippen LogP contribution < -0.4 is 51.4 Å². The van der Waals surface area contributed by atoms with Gasteiger partial charge in [-0.2, -0.15) is 0 Å². The summed E-state index contributed by atoms with van der Waals surface area (Å²) in [5.41, 5.74) is 0. The Hall–Kier alpha value is 1.51. The van der Waals surface area contributed by atoms with E-state index in [-0.39, 0.29) is 57.5 Å². The Morgan fingerprint density at radius 2 is 1.00 bits per heavy atom. The van der Waals surface area contributed by atoms with Crippen molar-refractivity contribution in [1.82, 2.24) is 0 Å². The van der Waals surface area contributed by atoms with Crippen LogP contribution in [0, 0.1) is 0 Å². The maximum absolute atomic E-state index is 11.0. The third-order valence-electron chi connectivity index (χ3n) is 5.82. The van der Waals surface area contributed by atoms with Gasteiger partial charge in [-0.3, -0.25) is 0 Å². The summed E-state index contributed by atoms with van der Waals surface area (Å²) in [5.74, 6) is 0. The van der Waals surface area contributed by atoms with Crippen LogP contribution in [0.3, 0.4) is 0 Å². The zero-order chi connectivity index (χ0) is 21.1. The van der Waals surface area contributed by atoms with E-state index in [1.165, 1.54) is 70.6 Å². The number of rotatable bonds is 21. The van der Waals surface area contributed by atoms with E-state index in [0.717, 1.165) is 38.5 Å². The van der Waals surface area contributed by atoms with E-state index < -0.39 is 15.4 Å². The molecule has 170 valence electrons. The number of hydrogen-bond acceptors (Lipinski definition) is 4. The molecule has 2 atom stereocenters. The normalized spacial score (nSPS) is 13.8. The third-order valence-corrected chi connectivity index (χ3v) is 7.20. The molecule has 2 unspecified atom stereocenters.